The van der Waals surface area contributed by atoms with E-state index in [0.29, 0.717) is 5.69 Å². The first kappa shape index (κ1) is 17.9. The SMILES string of the molecule is CCc1ccccc1Oc1ccc(NC(=O)C(C)(C)N)c[n+]1CC. The van der Waals surface area contributed by atoms with Gasteiger partial charge in [-0.2, -0.15) is 4.57 Å². The van der Waals surface area contributed by atoms with Gasteiger partial charge in [0, 0.05) is 0 Å². The molecule has 0 unspecified atom stereocenters. The number of hydrogen-bond donors (Lipinski definition) is 2. The molecule has 0 radical (unpaired) electrons. The molecule has 1 aromatic heterocycles. The molecule has 0 bridgehead atoms. The van der Waals surface area contributed by atoms with E-state index < -0.39 is 5.54 Å². The number of amides is 1. The first-order chi connectivity index (χ1) is 11.3. The van der Waals surface area contributed by atoms with Gasteiger partial charge in [0.25, 0.3) is 0 Å². The number of anilines is 1. The summed E-state index contributed by atoms with van der Waals surface area (Å²) in [5, 5.41) is 2.83. The zero-order chi connectivity index (χ0) is 17.7. The van der Waals surface area contributed by atoms with Crippen molar-refractivity contribution in [1.82, 2.24) is 0 Å². The fraction of sp³-hybridized carbons (Fsp3) is 0.368. The van der Waals surface area contributed by atoms with Crippen LogP contribution in [0.4, 0.5) is 5.69 Å². The number of carbonyl (C=O) groups is 1. The van der Waals surface area contributed by atoms with Gasteiger partial charge in [-0.3, -0.25) is 4.79 Å². The van der Waals surface area contributed by atoms with E-state index in [4.69, 9.17) is 10.5 Å². The van der Waals surface area contributed by atoms with Gasteiger partial charge in [0.2, 0.25) is 5.91 Å². The third kappa shape index (κ3) is 4.32. The van der Waals surface area contributed by atoms with Crippen LogP contribution in [0, 0.1) is 0 Å². The maximum Gasteiger partial charge on any atom is 0.373 e. The zero-order valence-electron chi connectivity index (χ0n) is 14.8. The highest BCUT2D eigenvalue weighted by atomic mass is 16.5. The van der Waals surface area contributed by atoms with Gasteiger partial charge in [-0.1, -0.05) is 25.1 Å². The summed E-state index contributed by atoms with van der Waals surface area (Å²) in [6.45, 7) is 8.20. The van der Waals surface area contributed by atoms with Crippen LogP contribution < -0.4 is 20.4 Å². The number of para-hydroxylation sites is 1. The monoisotopic (exact) mass is 328 g/mol. The Kier molecular flexibility index (Phi) is 5.57. The fourth-order valence-corrected chi connectivity index (χ4v) is 2.25. The maximum absolute atomic E-state index is 12.0. The van der Waals surface area contributed by atoms with Gasteiger partial charge in [-0.25, -0.2) is 0 Å². The van der Waals surface area contributed by atoms with E-state index in [1.54, 1.807) is 13.8 Å². The van der Waals surface area contributed by atoms with Gasteiger partial charge in [0.05, 0.1) is 11.6 Å². The highest BCUT2D eigenvalue weighted by molar-refractivity contribution is 5.97. The van der Waals surface area contributed by atoms with E-state index in [1.165, 1.54) is 0 Å². The van der Waals surface area contributed by atoms with Crippen molar-refractivity contribution in [2.75, 3.05) is 5.32 Å². The number of aromatic nitrogens is 1. The van der Waals surface area contributed by atoms with Crippen molar-refractivity contribution in [2.24, 2.45) is 5.73 Å². The van der Waals surface area contributed by atoms with Gasteiger partial charge in [0.15, 0.2) is 6.20 Å². The van der Waals surface area contributed by atoms with Gasteiger partial charge >= 0.3 is 5.88 Å². The molecule has 1 aromatic carbocycles. The van der Waals surface area contributed by atoms with Crippen molar-refractivity contribution in [3.63, 3.8) is 0 Å². The quantitative estimate of drug-likeness (QED) is 0.801. The predicted octanol–water partition coefficient (Wildman–Crippen LogP) is 3.02. The zero-order valence-corrected chi connectivity index (χ0v) is 14.8. The minimum Gasteiger partial charge on any atom is -0.405 e. The summed E-state index contributed by atoms with van der Waals surface area (Å²) in [4.78, 5) is 12.0. The van der Waals surface area contributed by atoms with E-state index in [2.05, 4.69) is 18.3 Å². The number of aryl methyl sites for hydroxylation is 2. The molecular formula is C19H26N3O2+. The Morgan fingerprint density at radius 3 is 2.54 bits per heavy atom. The van der Waals surface area contributed by atoms with E-state index in [0.717, 1.165) is 30.2 Å². The summed E-state index contributed by atoms with van der Waals surface area (Å²) in [5.74, 6) is 1.35. The standard InChI is InChI=1S/C19H25N3O2/c1-5-14-9-7-8-10-16(14)24-17-12-11-15(13-22(17)6-2)21-18(23)19(3,4)20/h7-13H,5-6,20H2,1-4H3/p+1. The second-order valence-corrected chi connectivity index (χ2v) is 6.28. The lowest BCUT2D eigenvalue weighted by Crippen LogP contribution is -2.45. The van der Waals surface area contributed by atoms with Crippen LogP contribution in [0.3, 0.4) is 0 Å². The van der Waals surface area contributed by atoms with E-state index in [-0.39, 0.29) is 5.91 Å². The van der Waals surface area contributed by atoms with E-state index >= 15 is 0 Å². The molecule has 0 fully saturated rings. The molecule has 1 amide bonds. The van der Waals surface area contributed by atoms with Crippen LogP contribution in [0.5, 0.6) is 11.6 Å². The average molecular weight is 328 g/mol. The second-order valence-electron chi connectivity index (χ2n) is 6.28. The normalized spacial score (nSPS) is 11.2. The lowest BCUT2D eigenvalue weighted by atomic mass is 10.1. The van der Waals surface area contributed by atoms with Gasteiger partial charge in [0.1, 0.15) is 18.0 Å². The Hall–Kier alpha value is -2.40. The number of nitrogens with zero attached hydrogens (tertiary/aromatic N) is 1. The van der Waals surface area contributed by atoms with E-state index in [1.807, 2.05) is 48.0 Å². The number of pyridine rings is 1. The Morgan fingerprint density at radius 1 is 1.21 bits per heavy atom. The first-order valence-corrected chi connectivity index (χ1v) is 8.24. The third-order valence-corrected chi connectivity index (χ3v) is 3.74. The molecule has 0 aliphatic rings. The number of rotatable bonds is 6. The summed E-state index contributed by atoms with van der Waals surface area (Å²) >= 11 is 0. The van der Waals surface area contributed by atoms with Gasteiger partial charge < -0.3 is 15.8 Å². The molecule has 0 spiro atoms. The molecular weight excluding hydrogens is 302 g/mol. The van der Waals surface area contributed by atoms with Crippen LogP contribution in [0.15, 0.2) is 42.6 Å². The van der Waals surface area contributed by atoms with Crippen LogP contribution in [0.2, 0.25) is 0 Å². The minimum absolute atomic E-state index is 0.227. The van der Waals surface area contributed by atoms with Crippen LogP contribution in [-0.2, 0) is 17.8 Å². The first-order valence-electron chi connectivity index (χ1n) is 8.24. The third-order valence-electron chi connectivity index (χ3n) is 3.74. The number of nitrogens with one attached hydrogen (secondary N) is 1. The molecule has 1 heterocycles. The van der Waals surface area contributed by atoms with Crippen molar-refractivity contribution >= 4 is 11.6 Å². The highest BCUT2D eigenvalue weighted by Crippen LogP contribution is 2.24. The molecule has 0 atom stereocenters. The number of ether oxygens (including phenoxy) is 1. The Labute approximate surface area is 143 Å². The van der Waals surface area contributed by atoms with Crippen LogP contribution >= 0.6 is 0 Å². The minimum atomic E-state index is -0.924. The van der Waals surface area contributed by atoms with Gasteiger partial charge in [-0.15, -0.1) is 0 Å². The summed E-state index contributed by atoms with van der Waals surface area (Å²) in [7, 11) is 0. The molecule has 0 aliphatic carbocycles. The molecule has 5 nitrogen and oxygen atoms in total. The topological polar surface area (TPSA) is 68.2 Å². The van der Waals surface area contributed by atoms with Crippen molar-refractivity contribution in [1.29, 1.82) is 0 Å². The smallest absolute Gasteiger partial charge is 0.373 e. The number of carbonyl (C=O) groups excluding carboxylic acids is 1. The Morgan fingerprint density at radius 2 is 1.92 bits per heavy atom. The highest BCUT2D eigenvalue weighted by Gasteiger charge is 2.23. The van der Waals surface area contributed by atoms with Crippen LogP contribution in [-0.4, -0.2) is 11.4 Å². The molecule has 0 saturated carbocycles. The van der Waals surface area contributed by atoms with Crippen molar-refractivity contribution in [2.45, 2.75) is 46.2 Å². The summed E-state index contributed by atoms with van der Waals surface area (Å²) in [5.41, 5.74) is 6.74. The van der Waals surface area contributed by atoms with E-state index in [9.17, 15) is 4.79 Å². The van der Waals surface area contributed by atoms with Crippen molar-refractivity contribution < 1.29 is 14.1 Å². The van der Waals surface area contributed by atoms with Crippen molar-refractivity contribution in [3.05, 3.63) is 48.2 Å². The Balaban J connectivity index is 2.25. The number of hydrogen-bond acceptors (Lipinski definition) is 3. The molecule has 0 saturated heterocycles. The summed E-state index contributed by atoms with van der Waals surface area (Å²) in [6.07, 6.45) is 2.76. The molecule has 3 N–H and O–H groups in total. The van der Waals surface area contributed by atoms with Crippen molar-refractivity contribution in [3.8, 4) is 11.6 Å². The predicted molar refractivity (Wildman–Crippen MR) is 95.1 cm³/mol. The largest absolute Gasteiger partial charge is 0.405 e. The molecule has 2 aromatic rings. The lowest BCUT2D eigenvalue weighted by molar-refractivity contribution is -0.696. The van der Waals surface area contributed by atoms with Gasteiger partial charge in [-0.05, 0) is 44.9 Å². The average Bonchev–Trinajstić information content (AvgIpc) is 2.55. The Bertz CT molecular complexity index is 721. The molecule has 24 heavy (non-hydrogen) atoms. The van der Waals surface area contributed by atoms with Crippen LogP contribution in [0.25, 0.3) is 0 Å². The molecule has 0 aliphatic heterocycles. The number of benzene rings is 1. The van der Waals surface area contributed by atoms with Crippen LogP contribution in [0.1, 0.15) is 33.3 Å². The molecule has 5 heteroatoms. The lowest BCUT2D eigenvalue weighted by Gasteiger charge is -2.17. The fourth-order valence-electron chi connectivity index (χ4n) is 2.25. The summed E-state index contributed by atoms with van der Waals surface area (Å²) in [6, 6.07) is 11.7. The molecule has 128 valence electrons. The number of nitrogens with two attached hydrogens (primary N) is 1. The molecule has 2 rings (SSSR count). The summed E-state index contributed by atoms with van der Waals surface area (Å²) < 4.78 is 8.03. The maximum atomic E-state index is 12.0. The second kappa shape index (κ2) is 7.45.